The molecule has 1 heterocycles. The maximum Gasteiger partial charge on any atom is 0.233 e. The SMILES string of the molecule is Clc1ccc(COc2cccnn2)c(Cl)c1. The van der Waals surface area contributed by atoms with E-state index in [1.54, 1.807) is 30.5 Å². The molecule has 2 aromatic rings. The summed E-state index contributed by atoms with van der Waals surface area (Å²) in [6, 6.07) is 8.75. The van der Waals surface area contributed by atoms with Crippen molar-refractivity contribution in [1.82, 2.24) is 10.2 Å². The molecule has 0 N–H and O–H groups in total. The topological polar surface area (TPSA) is 35.0 Å². The Morgan fingerprint density at radius 2 is 2.06 bits per heavy atom. The molecule has 1 aromatic carbocycles. The van der Waals surface area contributed by atoms with Gasteiger partial charge in [-0.1, -0.05) is 29.3 Å². The molecule has 0 spiro atoms. The van der Waals surface area contributed by atoms with E-state index in [1.165, 1.54) is 0 Å². The number of halogens is 2. The Morgan fingerprint density at radius 3 is 2.75 bits per heavy atom. The summed E-state index contributed by atoms with van der Waals surface area (Å²) in [4.78, 5) is 0. The molecule has 0 amide bonds. The highest BCUT2D eigenvalue weighted by Gasteiger charge is 2.02. The van der Waals surface area contributed by atoms with E-state index in [2.05, 4.69) is 10.2 Å². The molecule has 3 nitrogen and oxygen atoms in total. The van der Waals surface area contributed by atoms with Gasteiger partial charge in [0.05, 0.1) is 0 Å². The molecule has 0 aliphatic rings. The zero-order valence-corrected chi connectivity index (χ0v) is 9.74. The summed E-state index contributed by atoms with van der Waals surface area (Å²) in [5.41, 5.74) is 0.858. The molecule has 0 fully saturated rings. The van der Waals surface area contributed by atoms with Crippen molar-refractivity contribution in [3.8, 4) is 5.88 Å². The second kappa shape index (κ2) is 5.14. The van der Waals surface area contributed by atoms with Crippen LogP contribution in [0.15, 0.2) is 36.5 Å². The summed E-state index contributed by atoms with van der Waals surface area (Å²) >= 11 is 11.8. The summed E-state index contributed by atoms with van der Waals surface area (Å²) in [5.74, 6) is 0.466. The van der Waals surface area contributed by atoms with Gasteiger partial charge in [0, 0.05) is 27.9 Å². The van der Waals surface area contributed by atoms with Crippen LogP contribution in [0.3, 0.4) is 0 Å². The van der Waals surface area contributed by atoms with Crippen molar-refractivity contribution in [1.29, 1.82) is 0 Å². The molecule has 0 unspecified atom stereocenters. The van der Waals surface area contributed by atoms with Gasteiger partial charge in [-0.25, -0.2) is 0 Å². The third-order valence-corrected chi connectivity index (χ3v) is 2.53. The minimum Gasteiger partial charge on any atom is -0.472 e. The molecule has 1 aromatic heterocycles. The molecule has 0 saturated carbocycles. The van der Waals surface area contributed by atoms with E-state index in [0.717, 1.165) is 5.56 Å². The molecule has 16 heavy (non-hydrogen) atoms. The number of hydrogen-bond donors (Lipinski definition) is 0. The van der Waals surface area contributed by atoms with Crippen LogP contribution in [0.1, 0.15) is 5.56 Å². The number of hydrogen-bond acceptors (Lipinski definition) is 3. The fourth-order valence-electron chi connectivity index (χ4n) is 1.15. The van der Waals surface area contributed by atoms with Crippen LogP contribution in [-0.4, -0.2) is 10.2 Å². The molecule has 0 radical (unpaired) electrons. The van der Waals surface area contributed by atoms with Crippen LogP contribution in [-0.2, 0) is 6.61 Å². The Morgan fingerprint density at radius 1 is 1.19 bits per heavy atom. The van der Waals surface area contributed by atoms with Gasteiger partial charge in [0.15, 0.2) is 0 Å². The minimum atomic E-state index is 0.342. The Labute approximate surface area is 103 Å². The lowest BCUT2D eigenvalue weighted by molar-refractivity contribution is 0.290. The van der Waals surface area contributed by atoms with E-state index < -0.39 is 0 Å². The largest absolute Gasteiger partial charge is 0.472 e. The van der Waals surface area contributed by atoms with Crippen molar-refractivity contribution in [2.75, 3.05) is 0 Å². The van der Waals surface area contributed by atoms with Crippen molar-refractivity contribution in [3.05, 3.63) is 52.1 Å². The summed E-state index contributed by atoms with van der Waals surface area (Å²) in [7, 11) is 0. The Kier molecular flexibility index (Phi) is 3.59. The molecule has 82 valence electrons. The third-order valence-electron chi connectivity index (χ3n) is 1.94. The quantitative estimate of drug-likeness (QED) is 0.843. The average molecular weight is 255 g/mol. The van der Waals surface area contributed by atoms with E-state index in [0.29, 0.717) is 22.5 Å². The first kappa shape index (κ1) is 11.2. The monoisotopic (exact) mass is 254 g/mol. The summed E-state index contributed by atoms with van der Waals surface area (Å²) < 4.78 is 5.41. The number of ether oxygens (including phenoxy) is 1. The van der Waals surface area contributed by atoms with Gasteiger partial charge in [0.2, 0.25) is 5.88 Å². The fraction of sp³-hybridized carbons (Fsp3) is 0.0909. The van der Waals surface area contributed by atoms with Crippen molar-refractivity contribution >= 4 is 23.2 Å². The summed E-state index contributed by atoms with van der Waals surface area (Å²) in [5, 5.41) is 8.69. The standard InChI is InChI=1S/C11H8Cl2N2O/c12-9-4-3-8(10(13)6-9)7-16-11-2-1-5-14-15-11/h1-6H,7H2. The van der Waals surface area contributed by atoms with Crippen LogP contribution in [0.25, 0.3) is 0 Å². The van der Waals surface area contributed by atoms with Gasteiger partial charge in [-0.05, 0) is 18.2 Å². The van der Waals surface area contributed by atoms with E-state index in [4.69, 9.17) is 27.9 Å². The fourth-order valence-corrected chi connectivity index (χ4v) is 1.62. The maximum atomic E-state index is 6.00. The smallest absolute Gasteiger partial charge is 0.233 e. The number of rotatable bonds is 3. The first-order valence-electron chi connectivity index (χ1n) is 4.60. The zero-order valence-electron chi connectivity index (χ0n) is 8.23. The average Bonchev–Trinajstić information content (AvgIpc) is 2.29. The van der Waals surface area contributed by atoms with E-state index in [9.17, 15) is 0 Å². The lowest BCUT2D eigenvalue weighted by Crippen LogP contribution is -1.98. The number of benzene rings is 1. The van der Waals surface area contributed by atoms with Crippen LogP contribution in [0.4, 0.5) is 0 Å². The second-order valence-electron chi connectivity index (χ2n) is 3.09. The first-order chi connectivity index (χ1) is 7.75. The highest BCUT2D eigenvalue weighted by Crippen LogP contribution is 2.21. The molecule has 0 saturated heterocycles. The lowest BCUT2D eigenvalue weighted by atomic mass is 10.2. The Balaban J connectivity index is 2.05. The van der Waals surface area contributed by atoms with Gasteiger partial charge in [0.1, 0.15) is 6.61 Å². The molecule has 2 rings (SSSR count). The first-order valence-corrected chi connectivity index (χ1v) is 5.36. The number of aromatic nitrogens is 2. The van der Waals surface area contributed by atoms with E-state index >= 15 is 0 Å². The molecule has 0 bridgehead atoms. The molecule has 5 heteroatoms. The lowest BCUT2D eigenvalue weighted by Gasteiger charge is -2.06. The molecule has 0 aliphatic heterocycles. The van der Waals surface area contributed by atoms with Gasteiger partial charge in [-0.2, -0.15) is 5.10 Å². The van der Waals surface area contributed by atoms with Crippen LogP contribution in [0.5, 0.6) is 5.88 Å². The maximum absolute atomic E-state index is 6.00. The summed E-state index contributed by atoms with van der Waals surface area (Å²) in [6.45, 7) is 0.342. The Bertz CT molecular complexity index is 477. The van der Waals surface area contributed by atoms with Gasteiger partial charge < -0.3 is 4.74 Å². The van der Waals surface area contributed by atoms with Gasteiger partial charge >= 0.3 is 0 Å². The van der Waals surface area contributed by atoms with Crippen molar-refractivity contribution in [3.63, 3.8) is 0 Å². The molecular weight excluding hydrogens is 247 g/mol. The summed E-state index contributed by atoms with van der Waals surface area (Å²) in [6.07, 6.45) is 1.59. The van der Waals surface area contributed by atoms with Gasteiger partial charge in [-0.3, -0.25) is 0 Å². The van der Waals surface area contributed by atoms with Crippen LogP contribution >= 0.6 is 23.2 Å². The van der Waals surface area contributed by atoms with Crippen LogP contribution in [0.2, 0.25) is 10.0 Å². The van der Waals surface area contributed by atoms with Crippen LogP contribution < -0.4 is 4.74 Å². The Hall–Kier alpha value is -1.32. The second-order valence-corrected chi connectivity index (χ2v) is 3.93. The van der Waals surface area contributed by atoms with Crippen molar-refractivity contribution in [2.45, 2.75) is 6.61 Å². The highest BCUT2D eigenvalue weighted by molar-refractivity contribution is 6.35. The van der Waals surface area contributed by atoms with E-state index in [-0.39, 0.29) is 0 Å². The highest BCUT2D eigenvalue weighted by atomic mass is 35.5. The van der Waals surface area contributed by atoms with Crippen molar-refractivity contribution < 1.29 is 4.74 Å². The minimum absolute atomic E-state index is 0.342. The molecule has 0 aliphatic carbocycles. The molecular formula is C11H8Cl2N2O. The number of nitrogens with zero attached hydrogens (tertiary/aromatic N) is 2. The van der Waals surface area contributed by atoms with E-state index in [1.807, 2.05) is 6.07 Å². The van der Waals surface area contributed by atoms with Crippen molar-refractivity contribution in [2.24, 2.45) is 0 Å². The molecule has 0 atom stereocenters. The predicted octanol–water partition coefficient (Wildman–Crippen LogP) is 3.36. The normalized spacial score (nSPS) is 10.1. The zero-order chi connectivity index (χ0) is 11.4. The van der Waals surface area contributed by atoms with Gasteiger partial charge in [0.25, 0.3) is 0 Å². The predicted molar refractivity (Wildman–Crippen MR) is 62.8 cm³/mol. The van der Waals surface area contributed by atoms with Gasteiger partial charge in [-0.15, -0.1) is 5.10 Å². The van der Waals surface area contributed by atoms with Crippen LogP contribution in [0, 0.1) is 0 Å². The third kappa shape index (κ3) is 2.84.